The van der Waals surface area contributed by atoms with Crippen LogP contribution in [0.15, 0.2) is 18.2 Å². The molecule has 0 aliphatic rings. The number of aryl methyl sites for hydroxylation is 1. The molecule has 0 aliphatic heterocycles. The van der Waals surface area contributed by atoms with Crippen LogP contribution in [-0.2, 0) is 11.2 Å². The van der Waals surface area contributed by atoms with Crippen LogP contribution in [0.4, 0.5) is 4.39 Å². The zero-order valence-corrected chi connectivity index (χ0v) is 11.0. The van der Waals surface area contributed by atoms with E-state index < -0.39 is 11.8 Å². The predicted octanol–water partition coefficient (Wildman–Crippen LogP) is 3.54. The molecular weight excluding hydrogens is 277 g/mol. The van der Waals surface area contributed by atoms with E-state index in [0.717, 1.165) is 0 Å². The fourth-order valence-electron chi connectivity index (χ4n) is 1.51. The standard InChI is InChI=1S/C12H9ClFNO2S/c1-6-10(5-11(16)17)18-12(15-6)8-3-2-7(13)4-9(8)14/h2-4H,5H2,1H3,(H,16,17). The van der Waals surface area contributed by atoms with E-state index in [1.54, 1.807) is 19.1 Å². The molecule has 0 aliphatic carbocycles. The van der Waals surface area contributed by atoms with Crippen molar-refractivity contribution < 1.29 is 14.3 Å². The summed E-state index contributed by atoms with van der Waals surface area (Å²) in [4.78, 5) is 15.5. The van der Waals surface area contributed by atoms with Gasteiger partial charge in [-0.1, -0.05) is 11.6 Å². The number of hydrogen-bond acceptors (Lipinski definition) is 3. The highest BCUT2D eigenvalue weighted by Gasteiger charge is 2.14. The molecule has 1 N–H and O–H groups in total. The van der Waals surface area contributed by atoms with Crippen molar-refractivity contribution >= 4 is 28.9 Å². The lowest BCUT2D eigenvalue weighted by atomic mass is 10.2. The summed E-state index contributed by atoms with van der Waals surface area (Å²) < 4.78 is 13.7. The van der Waals surface area contributed by atoms with Crippen LogP contribution in [0.5, 0.6) is 0 Å². The Morgan fingerprint density at radius 3 is 2.89 bits per heavy atom. The van der Waals surface area contributed by atoms with E-state index in [1.807, 2.05) is 0 Å². The number of aliphatic carboxylic acids is 1. The molecule has 6 heteroatoms. The van der Waals surface area contributed by atoms with Crippen molar-refractivity contribution in [3.8, 4) is 10.6 Å². The van der Waals surface area contributed by atoms with Crippen LogP contribution in [-0.4, -0.2) is 16.1 Å². The van der Waals surface area contributed by atoms with Gasteiger partial charge in [-0.3, -0.25) is 4.79 Å². The van der Waals surface area contributed by atoms with E-state index in [4.69, 9.17) is 16.7 Å². The van der Waals surface area contributed by atoms with Crippen LogP contribution < -0.4 is 0 Å². The third kappa shape index (κ3) is 2.68. The Hall–Kier alpha value is -1.46. The van der Waals surface area contributed by atoms with Gasteiger partial charge in [0.25, 0.3) is 0 Å². The monoisotopic (exact) mass is 285 g/mol. The topological polar surface area (TPSA) is 50.2 Å². The van der Waals surface area contributed by atoms with Gasteiger partial charge in [0.1, 0.15) is 10.8 Å². The first-order valence-electron chi connectivity index (χ1n) is 5.11. The van der Waals surface area contributed by atoms with Gasteiger partial charge in [-0.05, 0) is 25.1 Å². The zero-order chi connectivity index (χ0) is 13.3. The van der Waals surface area contributed by atoms with Crippen LogP contribution in [0, 0.1) is 12.7 Å². The molecule has 0 unspecified atom stereocenters. The van der Waals surface area contributed by atoms with Crippen LogP contribution in [0.1, 0.15) is 10.6 Å². The summed E-state index contributed by atoms with van der Waals surface area (Å²) in [5.41, 5.74) is 0.955. The third-order valence-corrected chi connectivity index (χ3v) is 3.79. The number of thiazole rings is 1. The molecule has 2 rings (SSSR count). The third-order valence-electron chi connectivity index (χ3n) is 2.37. The Morgan fingerprint density at radius 2 is 2.28 bits per heavy atom. The zero-order valence-electron chi connectivity index (χ0n) is 9.41. The second-order valence-electron chi connectivity index (χ2n) is 3.72. The van der Waals surface area contributed by atoms with Crippen molar-refractivity contribution in [2.75, 3.05) is 0 Å². The first-order chi connectivity index (χ1) is 8.47. The molecule has 0 fully saturated rings. The van der Waals surface area contributed by atoms with Gasteiger partial charge in [-0.15, -0.1) is 11.3 Å². The number of aromatic nitrogens is 1. The maximum absolute atomic E-state index is 13.7. The van der Waals surface area contributed by atoms with E-state index in [0.29, 0.717) is 26.2 Å². The highest BCUT2D eigenvalue weighted by molar-refractivity contribution is 7.15. The number of benzene rings is 1. The Bertz CT molecular complexity index is 612. The van der Waals surface area contributed by atoms with E-state index >= 15 is 0 Å². The Morgan fingerprint density at radius 1 is 1.56 bits per heavy atom. The minimum absolute atomic E-state index is 0.0985. The van der Waals surface area contributed by atoms with E-state index in [2.05, 4.69) is 4.98 Å². The molecule has 3 nitrogen and oxygen atoms in total. The van der Waals surface area contributed by atoms with Crippen molar-refractivity contribution in [3.05, 3.63) is 39.6 Å². The molecule has 18 heavy (non-hydrogen) atoms. The molecule has 0 saturated heterocycles. The molecule has 0 bridgehead atoms. The van der Waals surface area contributed by atoms with Crippen LogP contribution in [0.25, 0.3) is 10.6 Å². The molecule has 0 spiro atoms. The number of rotatable bonds is 3. The number of nitrogens with zero attached hydrogens (tertiary/aromatic N) is 1. The Labute approximate surface area is 112 Å². The first kappa shape index (κ1) is 13.0. The van der Waals surface area contributed by atoms with Crippen molar-refractivity contribution in [1.82, 2.24) is 4.98 Å². The number of carboxylic acids is 1. The molecule has 1 aromatic carbocycles. The highest BCUT2D eigenvalue weighted by Crippen LogP contribution is 2.31. The maximum atomic E-state index is 13.7. The number of halogens is 2. The lowest BCUT2D eigenvalue weighted by Crippen LogP contribution is -1.99. The van der Waals surface area contributed by atoms with Crippen LogP contribution >= 0.6 is 22.9 Å². The van der Waals surface area contributed by atoms with Gasteiger partial charge in [-0.25, -0.2) is 9.37 Å². The van der Waals surface area contributed by atoms with Crippen molar-refractivity contribution in [2.24, 2.45) is 0 Å². The lowest BCUT2D eigenvalue weighted by Gasteiger charge is -1.98. The number of hydrogen-bond donors (Lipinski definition) is 1. The van der Waals surface area contributed by atoms with Gasteiger partial charge >= 0.3 is 5.97 Å². The maximum Gasteiger partial charge on any atom is 0.308 e. The summed E-state index contributed by atoms with van der Waals surface area (Å²) in [6, 6.07) is 4.33. The van der Waals surface area contributed by atoms with Crippen LogP contribution in [0.3, 0.4) is 0 Å². The molecule has 94 valence electrons. The van der Waals surface area contributed by atoms with Crippen LogP contribution in [0.2, 0.25) is 5.02 Å². The molecule has 0 radical (unpaired) electrons. The summed E-state index contributed by atoms with van der Waals surface area (Å²) in [5.74, 6) is -1.39. The fourth-order valence-corrected chi connectivity index (χ4v) is 2.75. The minimum Gasteiger partial charge on any atom is -0.481 e. The van der Waals surface area contributed by atoms with Crippen molar-refractivity contribution in [2.45, 2.75) is 13.3 Å². The normalized spacial score (nSPS) is 10.6. The highest BCUT2D eigenvalue weighted by atomic mass is 35.5. The molecular formula is C12H9ClFNO2S. The Balaban J connectivity index is 2.42. The molecule has 1 aromatic heterocycles. The number of carbonyl (C=O) groups is 1. The van der Waals surface area contributed by atoms with Gasteiger partial charge in [0.2, 0.25) is 0 Å². The average Bonchev–Trinajstić information content (AvgIpc) is 2.59. The molecule has 2 aromatic rings. The predicted molar refractivity (Wildman–Crippen MR) is 68.6 cm³/mol. The molecule has 1 heterocycles. The van der Waals surface area contributed by atoms with E-state index in [1.165, 1.54) is 17.4 Å². The largest absolute Gasteiger partial charge is 0.481 e. The van der Waals surface area contributed by atoms with Gasteiger partial charge in [0.05, 0.1) is 12.1 Å². The van der Waals surface area contributed by atoms with Gasteiger partial charge in [-0.2, -0.15) is 0 Å². The fraction of sp³-hybridized carbons (Fsp3) is 0.167. The Kier molecular flexibility index (Phi) is 3.63. The van der Waals surface area contributed by atoms with Crippen molar-refractivity contribution in [1.29, 1.82) is 0 Å². The molecule has 0 saturated carbocycles. The lowest BCUT2D eigenvalue weighted by molar-refractivity contribution is -0.136. The van der Waals surface area contributed by atoms with Gasteiger partial charge in [0, 0.05) is 15.5 Å². The summed E-state index contributed by atoms with van der Waals surface area (Å²) in [5, 5.41) is 9.53. The quantitative estimate of drug-likeness (QED) is 0.938. The molecule has 0 amide bonds. The summed E-state index contributed by atoms with van der Waals surface area (Å²) in [6.45, 7) is 1.71. The van der Waals surface area contributed by atoms with E-state index in [9.17, 15) is 9.18 Å². The van der Waals surface area contributed by atoms with Crippen molar-refractivity contribution in [3.63, 3.8) is 0 Å². The smallest absolute Gasteiger partial charge is 0.308 e. The number of carboxylic acid groups (broad SMARTS) is 1. The minimum atomic E-state index is -0.926. The average molecular weight is 286 g/mol. The second kappa shape index (κ2) is 5.04. The van der Waals surface area contributed by atoms with Gasteiger partial charge < -0.3 is 5.11 Å². The molecule has 0 atom stereocenters. The second-order valence-corrected chi connectivity index (χ2v) is 5.24. The summed E-state index contributed by atoms with van der Waals surface area (Å²) in [6.07, 6.45) is -0.0985. The summed E-state index contributed by atoms with van der Waals surface area (Å²) in [7, 11) is 0. The van der Waals surface area contributed by atoms with Gasteiger partial charge in [0.15, 0.2) is 0 Å². The SMILES string of the molecule is Cc1nc(-c2ccc(Cl)cc2F)sc1CC(=O)O. The summed E-state index contributed by atoms with van der Waals surface area (Å²) >= 11 is 6.86. The first-order valence-corrected chi connectivity index (χ1v) is 6.30. The van der Waals surface area contributed by atoms with E-state index in [-0.39, 0.29) is 6.42 Å².